The fourth-order valence-corrected chi connectivity index (χ4v) is 6.33. The van der Waals surface area contributed by atoms with Crippen LogP contribution in [0, 0.1) is 11.8 Å². The van der Waals surface area contributed by atoms with Gasteiger partial charge in [-0.05, 0) is 49.6 Å². The van der Waals surface area contributed by atoms with Gasteiger partial charge in [0.15, 0.2) is 0 Å². The highest BCUT2D eigenvalue weighted by molar-refractivity contribution is 5.98. The summed E-state index contributed by atoms with van der Waals surface area (Å²) < 4.78 is 26.9. The predicted octanol–water partition coefficient (Wildman–Crippen LogP) is 3.91. The average Bonchev–Trinajstić information content (AvgIpc) is 3.65. The normalized spacial score (nSPS) is 23.3. The zero-order valence-corrected chi connectivity index (χ0v) is 21.1. The van der Waals surface area contributed by atoms with Crippen molar-refractivity contribution in [3.05, 3.63) is 71.3 Å². The zero-order valence-electron chi connectivity index (χ0n) is 24.1. The topological polar surface area (TPSA) is 93.2 Å². The average molecular weight is 507 g/mol. The van der Waals surface area contributed by atoms with E-state index in [1.807, 2.05) is 30.6 Å². The largest absolute Gasteiger partial charge is 0.337 e. The number of carbonyl (C=O) groups excluding carboxylic acids is 1. The lowest BCUT2D eigenvalue weighted by atomic mass is 9.93. The molecular weight excluding hydrogens is 474 g/mol. The quantitative estimate of drug-likeness (QED) is 0.424. The number of fused-ring (bicyclic) bond motifs is 9. The second kappa shape index (κ2) is 8.67. The van der Waals surface area contributed by atoms with Crippen LogP contribution < -0.4 is 10.6 Å². The highest BCUT2D eigenvalue weighted by Gasteiger charge is 2.44. The summed E-state index contributed by atoms with van der Waals surface area (Å²) in [5, 5.41) is 0. The van der Waals surface area contributed by atoms with E-state index < -0.39 is 18.9 Å². The fourth-order valence-electron chi connectivity index (χ4n) is 6.33. The Bertz CT molecular complexity index is 1750. The number of carbonyl (C=O) groups is 1. The molecule has 0 aliphatic carbocycles. The number of amides is 1. The summed E-state index contributed by atoms with van der Waals surface area (Å²) in [5.41, 5.74) is 11.2. The molecule has 8 nitrogen and oxygen atoms in total. The maximum Gasteiger partial charge on any atom is 0.254 e. The molecular formula is C30H29N7O. The number of hydrogen-bond donors (Lipinski definition) is 1. The molecule has 3 atom stereocenters. The number of imidazole rings is 1. The molecule has 190 valence electrons. The molecule has 0 saturated carbocycles. The van der Waals surface area contributed by atoms with Gasteiger partial charge in [0.2, 0.25) is 5.95 Å². The van der Waals surface area contributed by atoms with E-state index in [1.165, 1.54) is 0 Å². The van der Waals surface area contributed by atoms with Crippen molar-refractivity contribution >= 4 is 22.9 Å². The van der Waals surface area contributed by atoms with Gasteiger partial charge in [-0.3, -0.25) is 4.79 Å². The minimum absolute atomic E-state index is 0.265. The van der Waals surface area contributed by atoms with Gasteiger partial charge in [0, 0.05) is 71.3 Å². The molecule has 2 bridgehead atoms. The Morgan fingerprint density at radius 1 is 1.16 bits per heavy atom. The number of hydrogen-bond acceptors (Lipinski definition) is 6. The van der Waals surface area contributed by atoms with E-state index in [2.05, 4.69) is 37.3 Å². The summed E-state index contributed by atoms with van der Waals surface area (Å²) in [4.78, 5) is 31.1. The molecule has 4 aromatic rings. The summed E-state index contributed by atoms with van der Waals surface area (Å²) in [7, 11) is 0. The first-order chi connectivity index (χ1) is 19.8. The number of nitrogens with zero attached hydrogens (tertiary/aromatic N) is 6. The first kappa shape index (κ1) is 19.8. The molecule has 38 heavy (non-hydrogen) atoms. The lowest BCUT2D eigenvalue weighted by Crippen LogP contribution is -2.36. The van der Waals surface area contributed by atoms with E-state index in [4.69, 9.17) is 14.8 Å². The standard InChI is InChI=1S/C30H29N7O/c1-3-6-18-7-4-9-22-27(18)25-14-26(35(2)29(22)38)28-34-23-11-10-19(13-24(23)37(25)28)20-16-32-30(33-17-20)36-12-5-8-21(36)15-31/h4,7,9-11,13,16-17,21,25-26H,5,8,12,14-15,31H2,1-2H3/t21-,25-,26-/m1/s1/i2D3. The molecule has 3 aliphatic rings. The van der Waals surface area contributed by atoms with Crippen molar-refractivity contribution in [2.45, 2.75) is 44.3 Å². The third-order valence-electron chi connectivity index (χ3n) is 8.11. The number of nitrogens with two attached hydrogens (primary N) is 1. The van der Waals surface area contributed by atoms with Gasteiger partial charge in [-0.25, -0.2) is 15.0 Å². The van der Waals surface area contributed by atoms with Gasteiger partial charge >= 0.3 is 0 Å². The molecule has 8 heteroatoms. The van der Waals surface area contributed by atoms with E-state index in [9.17, 15) is 4.79 Å². The first-order valence-corrected chi connectivity index (χ1v) is 13.0. The number of benzene rings is 2. The van der Waals surface area contributed by atoms with Crippen LogP contribution >= 0.6 is 0 Å². The third kappa shape index (κ3) is 3.28. The Morgan fingerprint density at radius 3 is 2.82 bits per heavy atom. The van der Waals surface area contributed by atoms with Crippen molar-refractivity contribution in [3.63, 3.8) is 0 Å². The maximum absolute atomic E-state index is 13.7. The molecule has 0 unspecified atom stereocenters. The van der Waals surface area contributed by atoms with Crippen LogP contribution in [0.2, 0.25) is 0 Å². The Labute approximate surface area is 225 Å². The molecule has 0 spiro atoms. The highest BCUT2D eigenvalue weighted by atomic mass is 16.2. The molecule has 2 N–H and O–H groups in total. The summed E-state index contributed by atoms with van der Waals surface area (Å²) in [5.74, 6) is 6.84. The fraction of sp³-hybridized carbons (Fsp3) is 0.333. The van der Waals surface area contributed by atoms with Crippen molar-refractivity contribution in [1.82, 2.24) is 24.4 Å². The maximum atomic E-state index is 13.7. The summed E-state index contributed by atoms with van der Waals surface area (Å²) in [6, 6.07) is 10.6. The van der Waals surface area contributed by atoms with Crippen LogP contribution in [-0.2, 0) is 0 Å². The van der Waals surface area contributed by atoms with Gasteiger partial charge < -0.3 is 20.1 Å². The first-order valence-electron chi connectivity index (χ1n) is 14.5. The van der Waals surface area contributed by atoms with E-state index in [1.54, 1.807) is 19.1 Å². The van der Waals surface area contributed by atoms with Gasteiger partial charge in [-0.1, -0.05) is 18.1 Å². The third-order valence-corrected chi connectivity index (χ3v) is 8.11. The van der Waals surface area contributed by atoms with E-state index >= 15 is 0 Å². The molecule has 1 amide bonds. The zero-order chi connectivity index (χ0) is 28.5. The van der Waals surface area contributed by atoms with Gasteiger partial charge in [-0.2, -0.15) is 0 Å². The van der Waals surface area contributed by atoms with E-state index in [-0.39, 0.29) is 12.1 Å². The molecule has 7 rings (SSSR count). The van der Waals surface area contributed by atoms with Crippen LogP contribution in [0.25, 0.3) is 22.2 Å². The van der Waals surface area contributed by atoms with E-state index in [0.717, 1.165) is 57.6 Å². The molecule has 2 aromatic carbocycles. The Hall–Kier alpha value is -4.22. The van der Waals surface area contributed by atoms with E-state index in [0.29, 0.717) is 30.3 Å². The Kier molecular flexibility index (Phi) is 4.53. The number of anilines is 1. The minimum atomic E-state index is -2.63. The molecule has 2 aromatic heterocycles. The summed E-state index contributed by atoms with van der Waals surface area (Å²) >= 11 is 0. The molecule has 1 fully saturated rings. The lowest BCUT2D eigenvalue weighted by Gasteiger charge is -2.24. The van der Waals surface area contributed by atoms with Crippen molar-refractivity contribution in [2.75, 3.05) is 25.0 Å². The van der Waals surface area contributed by atoms with Crippen molar-refractivity contribution < 1.29 is 8.91 Å². The highest BCUT2D eigenvalue weighted by Crippen LogP contribution is 2.48. The van der Waals surface area contributed by atoms with Crippen LogP contribution in [0.4, 0.5) is 5.95 Å². The van der Waals surface area contributed by atoms with Crippen LogP contribution in [0.3, 0.4) is 0 Å². The predicted molar refractivity (Wildman–Crippen MR) is 147 cm³/mol. The van der Waals surface area contributed by atoms with Crippen molar-refractivity contribution in [2.24, 2.45) is 5.73 Å². The van der Waals surface area contributed by atoms with Gasteiger partial charge in [-0.15, -0.1) is 5.92 Å². The smallest absolute Gasteiger partial charge is 0.254 e. The molecule has 5 heterocycles. The number of aromatic nitrogens is 4. The molecule has 1 saturated heterocycles. The monoisotopic (exact) mass is 506 g/mol. The Morgan fingerprint density at radius 2 is 2.03 bits per heavy atom. The molecule has 0 radical (unpaired) electrons. The van der Waals surface area contributed by atoms with Crippen molar-refractivity contribution in [3.8, 4) is 23.0 Å². The minimum Gasteiger partial charge on any atom is -0.337 e. The van der Waals surface area contributed by atoms with Gasteiger partial charge in [0.25, 0.3) is 5.91 Å². The summed E-state index contributed by atoms with van der Waals surface area (Å²) in [6.45, 7) is 0.604. The van der Waals surface area contributed by atoms with Crippen LogP contribution in [-0.4, -0.2) is 56.4 Å². The van der Waals surface area contributed by atoms with Crippen LogP contribution in [0.1, 0.15) is 69.7 Å². The SMILES string of the molecule is [2H]C([2H])([2H])N1C(=O)c2cccc(C#CC)c2[C@H]2C[C@@H]1c1nc3ccc(-c4cnc(N5CCC[C@@H]5CN)nc4)cc3n12. The second-order valence-corrected chi connectivity index (χ2v) is 10.1. The van der Waals surface area contributed by atoms with Gasteiger partial charge in [0.05, 0.1) is 23.1 Å². The Balaban J connectivity index is 1.37. The second-order valence-electron chi connectivity index (χ2n) is 10.1. The lowest BCUT2D eigenvalue weighted by molar-refractivity contribution is 0.0734. The van der Waals surface area contributed by atoms with Gasteiger partial charge in [0.1, 0.15) is 5.82 Å². The number of rotatable bonds is 3. The van der Waals surface area contributed by atoms with Crippen LogP contribution in [0.5, 0.6) is 0 Å². The summed E-state index contributed by atoms with van der Waals surface area (Å²) in [6.07, 6.45) is 6.21. The van der Waals surface area contributed by atoms with Crippen LogP contribution in [0.15, 0.2) is 48.8 Å². The molecule has 3 aliphatic heterocycles. The van der Waals surface area contributed by atoms with Crippen molar-refractivity contribution in [1.29, 1.82) is 0 Å².